The number of carbonyl (C=O) groups excluding carboxylic acids is 2. The van der Waals surface area contributed by atoms with E-state index in [-0.39, 0.29) is 0 Å². The molecule has 0 aliphatic heterocycles. The van der Waals surface area contributed by atoms with Crippen LogP contribution in [0.1, 0.15) is 11.1 Å². The number of nitrogens with zero attached hydrogens (tertiary/aromatic N) is 2. The molecule has 0 amide bonds. The molecule has 104 valence electrons. The fraction of sp³-hybridized carbons (Fsp3) is 0.125. The van der Waals surface area contributed by atoms with Gasteiger partial charge in [-0.15, -0.1) is 0 Å². The van der Waals surface area contributed by atoms with E-state index in [1.807, 2.05) is 38.1 Å². The summed E-state index contributed by atoms with van der Waals surface area (Å²) in [6, 6.07) is 11.1. The third kappa shape index (κ3) is 3.77. The summed E-state index contributed by atoms with van der Waals surface area (Å²) < 4.78 is 0. The predicted octanol–water partition coefficient (Wildman–Crippen LogP) is 4.39. The largest absolute Gasteiger partial charge is 0.240 e. The Morgan fingerprint density at radius 3 is 1.62 bits per heavy atom. The molecule has 0 spiro atoms. The molecule has 0 atom stereocenters. The average molecular weight is 296 g/mol. The van der Waals surface area contributed by atoms with Gasteiger partial charge in [-0.1, -0.05) is 23.9 Å². The number of hydrogen-bond donors (Lipinski definition) is 0. The zero-order valence-electron chi connectivity index (χ0n) is 11.6. The molecule has 0 heterocycles. The van der Waals surface area contributed by atoms with E-state index in [0.717, 1.165) is 20.9 Å². The van der Waals surface area contributed by atoms with Crippen LogP contribution in [0.5, 0.6) is 0 Å². The van der Waals surface area contributed by atoms with E-state index < -0.39 is 0 Å². The molecular formula is C16H12N2O2S. The van der Waals surface area contributed by atoms with Gasteiger partial charge in [-0.25, -0.2) is 9.59 Å². The topological polar surface area (TPSA) is 58.9 Å². The van der Waals surface area contributed by atoms with Gasteiger partial charge in [-0.3, -0.25) is 0 Å². The first-order valence-corrected chi connectivity index (χ1v) is 7.00. The lowest BCUT2D eigenvalue weighted by molar-refractivity contribution is 0.564. The summed E-state index contributed by atoms with van der Waals surface area (Å²) >= 11 is 1.40. The average Bonchev–Trinajstić information content (AvgIpc) is 2.45. The van der Waals surface area contributed by atoms with E-state index in [1.165, 1.54) is 11.8 Å². The highest BCUT2D eigenvalue weighted by Gasteiger charge is 2.09. The fourth-order valence-electron chi connectivity index (χ4n) is 1.81. The molecule has 21 heavy (non-hydrogen) atoms. The van der Waals surface area contributed by atoms with Crippen molar-refractivity contribution < 1.29 is 9.59 Å². The molecule has 0 saturated heterocycles. The van der Waals surface area contributed by atoms with E-state index in [2.05, 4.69) is 9.98 Å². The van der Waals surface area contributed by atoms with Crippen molar-refractivity contribution in [3.8, 4) is 0 Å². The van der Waals surface area contributed by atoms with Gasteiger partial charge in [0.05, 0.1) is 11.4 Å². The van der Waals surface area contributed by atoms with Gasteiger partial charge in [-0.05, 0) is 49.2 Å². The summed E-state index contributed by atoms with van der Waals surface area (Å²) in [7, 11) is 0. The number of hydrogen-bond acceptors (Lipinski definition) is 5. The Labute approximate surface area is 126 Å². The van der Waals surface area contributed by atoms with E-state index in [0.29, 0.717) is 11.4 Å². The molecule has 2 rings (SSSR count). The summed E-state index contributed by atoms with van der Waals surface area (Å²) in [5.74, 6) is 0. The first kappa shape index (κ1) is 14.9. The quantitative estimate of drug-likeness (QED) is 0.621. The molecule has 5 heteroatoms. The molecule has 0 unspecified atom stereocenters. The van der Waals surface area contributed by atoms with E-state index in [9.17, 15) is 9.59 Å². The molecule has 2 aromatic rings. The highest BCUT2D eigenvalue weighted by atomic mass is 32.2. The third-order valence-electron chi connectivity index (χ3n) is 2.78. The standard InChI is InChI=1S/C16H12N2O2S/c1-11-3-5-13(17-9-19)15(7-11)21-16-8-12(2)4-6-14(16)18-10-20/h3-8H,1-2H3. The Hall–Kier alpha value is -2.45. The number of aliphatic imine (C=N–C) groups is 2. The maximum absolute atomic E-state index is 10.5. The second-order valence-corrected chi connectivity index (χ2v) is 5.53. The van der Waals surface area contributed by atoms with Crippen LogP contribution in [-0.2, 0) is 9.59 Å². The number of isocyanates is 2. The summed E-state index contributed by atoms with van der Waals surface area (Å²) in [5, 5.41) is 0. The molecule has 0 bridgehead atoms. The Bertz CT molecular complexity index is 708. The number of benzene rings is 2. The lowest BCUT2D eigenvalue weighted by Crippen LogP contribution is -1.81. The van der Waals surface area contributed by atoms with Crippen LogP contribution in [-0.4, -0.2) is 12.2 Å². The van der Waals surface area contributed by atoms with Crippen molar-refractivity contribution in [1.29, 1.82) is 0 Å². The maximum atomic E-state index is 10.5. The van der Waals surface area contributed by atoms with Crippen LogP contribution in [0.3, 0.4) is 0 Å². The lowest BCUT2D eigenvalue weighted by atomic mass is 10.2. The van der Waals surface area contributed by atoms with Crippen molar-refractivity contribution in [2.75, 3.05) is 0 Å². The second kappa shape index (κ2) is 6.82. The monoisotopic (exact) mass is 296 g/mol. The predicted molar refractivity (Wildman–Crippen MR) is 82.0 cm³/mol. The summed E-state index contributed by atoms with van der Waals surface area (Å²) in [4.78, 5) is 30.1. The van der Waals surface area contributed by atoms with Crippen molar-refractivity contribution >= 4 is 35.3 Å². The minimum absolute atomic E-state index is 0.545. The van der Waals surface area contributed by atoms with Crippen LogP contribution in [0.15, 0.2) is 56.2 Å². The molecule has 0 aromatic heterocycles. The first-order valence-electron chi connectivity index (χ1n) is 6.19. The van der Waals surface area contributed by atoms with Crippen LogP contribution in [0.25, 0.3) is 0 Å². The molecule has 0 saturated carbocycles. The van der Waals surface area contributed by atoms with Crippen LogP contribution in [0.4, 0.5) is 11.4 Å². The van der Waals surface area contributed by atoms with Crippen molar-refractivity contribution in [3.05, 3.63) is 47.5 Å². The van der Waals surface area contributed by atoms with Crippen LogP contribution >= 0.6 is 11.8 Å². The summed E-state index contributed by atoms with van der Waals surface area (Å²) in [6.07, 6.45) is 3.11. The normalized spacial score (nSPS) is 9.62. The van der Waals surface area contributed by atoms with E-state index >= 15 is 0 Å². The van der Waals surface area contributed by atoms with Crippen LogP contribution < -0.4 is 0 Å². The highest BCUT2D eigenvalue weighted by Crippen LogP contribution is 2.40. The van der Waals surface area contributed by atoms with Crippen LogP contribution in [0.2, 0.25) is 0 Å². The minimum Gasteiger partial charge on any atom is -0.211 e. The van der Waals surface area contributed by atoms with E-state index in [4.69, 9.17) is 0 Å². The van der Waals surface area contributed by atoms with Crippen molar-refractivity contribution in [1.82, 2.24) is 0 Å². The van der Waals surface area contributed by atoms with Gasteiger partial charge in [0.15, 0.2) is 0 Å². The minimum atomic E-state index is 0.545. The van der Waals surface area contributed by atoms with Crippen LogP contribution in [0, 0.1) is 13.8 Å². The first-order chi connectivity index (χ1) is 10.1. The maximum Gasteiger partial charge on any atom is 0.240 e. The molecule has 0 fully saturated rings. The van der Waals surface area contributed by atoms with Gasteiger partial charge in [0, 0.05) is 9.79 Å². The zero-order valence-corrected chi connectivity index (χ0v) is 12.4. The summed E-state index contributed by atoms with van der Waals surface area (Å²) in [5.41, 5.74) is 3.19. The third-order valence-corrected chi connectivity index (χ3v) is 3.88. The van der Waals surface area contributed by atoms with Gasteiger partial charge < -0.3 is 0 Å². The van der Waals surface area contributed by atoms with Crippen molar-refractivity contribution in [2.24, 2.45) is 9.98 Å². The molecule has 4 nitrogen and oxygen atoms in total. The Morgan fingerprint density at radius 2 is 1.24 bits per heavy atom. The lowest BCUT2D eigenvalue weighted by Gasteiger charge is -2.08. The van der Waals surface area contributed by atoms with Gasteiger partial charge in [0.2, 0.25) is 12.2 Å². The Balaban J connectivity index is 2.51. The number of rotatable bonds is 4. The molecule has 0 radical (unpaired) electrons. The number of aryl methyl sites for hydroxylation is 2. The molecular weight excluding hydrogens is 284 g/mol. The van der Waals surface area contributed by atoms with Gasteiger partial charge in [0.25, 0.3) is 0 Å². The molecule has 2 aromatic carbocycles. The van der Waals surface area contributed by atoms with Gasteiger partial charge in [-0.2, -0.15) is 9.98 Å². The van der Waals surface area contributed by atoms with Gasteiger partial charge >= 0.3 is 0 Å². The Kier molecular flexibility index (Phi) is 4.85. The van der Waals surface area contributed by atoms with Crippen molar-refractivity contribution in [3.63, 3.8) is 0 Å². The highest BCUT2D eigenvalue weighted by molar-refractivity contribution is 7.99. The van der Waals surface area contributed by atoms with E-state index in [1.54, 1.807) is 24.3 Å². The molecule has 0 aliphatic rings. The fourth-order valence-corrected chi connectivity index (χ4v) is 2.97. The molecule has 0 aliphatic carbocycles. The second-order valence-electron chi connectivity index (χ2n) is 4.45. The molecule has 0 N–H and O–H groups in total. The zero-order chi connectivity index (χ0) is 15.2. The Morgan fingerprint density at radius 1 is 0.810 bits per heavy atom. The van der Waals surface area contributed by atoms with Crippen molar-refractivity contribution in [2.45, 2.75) is 23.6 Å². The summed E-state index contributed by atoms with van der Waals surface area (Å²) in [6.45, 7) is 3.92. The smallest absolute Gasteiger partial charge is 0.211 e. The van der Waals surface area contributed by atoms with Gasteiger partial charge in [0.1, 0.15) is 0 Å². The SMILES string of the molecule is Cc1ccc(N=C=O)c(Sc2cc(C)ccc2N=C=O)c1.